The minimum atomic E-state index is -0.662. The predicted octanol–water partition coefficient (Wildman–Crippen LogP) is 3.48. The van der Waals surface area contributed by atoms with E-state index in [2.05, 4.69) is 21.1 Å². The van der Waals surface area contributed by atoms with Crippen LogP contribution in [0.5, 0.6) is 17.2 Å². The predicted molar refractivity (Wildman–Crippen MR) is 79.7 cm³/mol. The highest BCUT2D eigenvalue weighted by Crippen LogP contribution is 2.35. The Kier molecular flexibility index (Phi) is 4.64. The van der Waals surface area contributed by atoms with Gasteiger partial charge < -0.3 is 20.4 Å². The van der Waals surface area contributed by atoms with Crippen molar-refractivity contribution in [3.63, 3.8) is 0 Å². The van der Waals surface area contributed by atoms with Crippen LogP contribution in [0.2, 0.25) is 0 Å². The van der Waals surface area contributed by atoms with E-state index >= 15 is 0 Å². The molecule has 0 unspecified atom stereocenters. The summed E-state index contributed by atoms with van der Waals surface area (Å²) in [6.07, 6.45) is 0. The van der Waals surface area contributed by atoms with Crippen LogP contribution >= 0.6 is 15.9 Å². The van der Waals surface area contributed by atoms with Gasteiger partial charge in [-0.3, -0.25) is 0 Å². The zero-order valence-corrected chi connectivity index (χ0v) is 12.6. The number of nitrogens with zero attached hydrogens (tertiary/aromatic N) is 1. The molecule has 0 aliphatic heterocycles. The van der Waals surface area contributed by atoms with Gasteiger partial charge in [0.05, 0.1) is 11.6 Å². The van der Waals surface area contributed by atoms with Crippen molar-refractivity contribution in [2.24, 2.45) is 10.9 Å². The molecule has 0 aliphatic rings. The fourth-order valence-electron chi connectivity index (χ4n) is 1.68. The lowest BCUT2D eigenvalue weighted by Crippen LogP contribution is -2.14. The van der Waals surface area contributed by atoms with Gasteiger partial charge in [-0.15, -0.1) is 0 Å². The number of methoxy groups -OCH3 is 1. The maximum absolute atomic E-state index is 14.3. The first-order chi connectivity index (χ1) is 10.1. The monoisotopic (exact) mass is 354 g/mol. The van der Waals surface area contributed by atoms with Crippen molar-refractivity contribution in [2.75, 3.05) is 7.11 Å². The maximum Gasteiger partial charge on any atom is 0.180 e. The Labute approximate surface area is 128 Å². The summed E-state index contributed by atoms with van der Waals surface area (Å²) in [5, 5.41) is 11.5. The highest BCUT2D eigenvalue weighted by atomic mass is 79.9. The third kappa shape index (κ3) is 3.08. The fourth-order valence-corrected chi connectivity index (χ4v) is 2.21. The van der Waals surface area contributed by atoms with Gasteiger partial charge in [-0.1, -0.05) is 17.3 Å². The summed E-state index contributed by atoms with van der Waals surface area (Å²) >= 11 is 3.06. The van der Waals surface area contributed by atoms with Crippen molar-refractivity contribution < 1.29 is 19.1 Å². The number of para-hydroxylation sites is 2. The fraction of sp³-hybridized carbons (Fsp3) is 0.0714. The number of halogens is 2. The molecule has 0 heterocycles. The molecule has 0 radical (unpaired) electrons. The van der Waals surface area contributed by atoms with Crippen molar-refractivity contribution in [1.29, 1.82) is 0 Å². The van der Waals surface area contributed by atoms with Crippen molar-refractivity contribution in [3.8, 4) is 17.2 Å². The summed E-state index contributed by atoms with van der Waals surface area (Å²) in [6.45, 7) is 0. The first-order valence-corrected chi connectivity index (χ1v) is 6.64. The van der Waals surface area contributed by atoms with E-state index in [0.29, 0.717) is 11.5 Å². The van der Waals surface area contributed by atoms with Crippen LogP contribution < -0.4 is 15.2 Å². The Bertz CT molecular complexity index is 692. The highest BCUT2D eigenvalue weighted by Gasteiger charge is 2.16. The molecule has 0 aromatic heterocycles. The van der Waals surface area contributed by atoms with E-state index in [1.54, 1.807) is 24.3 Å². The lowest BCUT2D eigenvalue weighted by molar-refractivity contribution is 0.318. The van der Waals surface area contributed by atoms with Crippen LogP contribution in [0.3, 0.4) is 0 Å². The standard InChI is InChI=1S/C14H12BrFN2O3/c1-20-9-4-2-3-5-10(9)21-11-7-6-8(14(17)18-19)12(15)13(11)16/h2-7,19H,1H3,(H2,17,18). The van der Waals surface area contributed by atoms with E-state index in [4.69, 9.17) is 20.4 Å². The topological polar surface area (TPSA) is 77.1 Å². The molecule has 2 rings (SSSR count). The average molecular weight is 355 g/mol. The molecule has 0 saturated heterocycles. The zero-order chi connectivity index (χ0) is 15.4. The number of amidine groups is 1. The number of benzene rings is 2. The number of oxime groups is 1. The Morgan fingerprint density at radius 3 is 2.48 bits per heavy atom. The molecule has 21 heavy (non-hydrogen) atoms. The van der Waals surface area contributed by atoms with E-state index in [1.165, 1.54) is 19.2 Å². The molecule has 3 N–H and O–H groups in total. The minimum absolute atomic E-state index is 0.0131. The molecule has 110 valence electrons. The lowest BCUT2D eigenvalue weighted by atomic mass is 10.2. The number of nitrogens with two attached hydrogens (primary N) is 1. The van der Waals surface area contributed by atoms with Crippen molar-refractivity contribution in [2.45, 2.75) is 0 Å². The van der Waals surface area contributed by atoms with Crippen LogP contribution in [0.1, 0.15) is 5.56 Å². The van der Waals surface area contributed by atoms with Crippen LogP contribution in [0.25, 0.3) is 0 Å². The maximum atomic E-state index is 14.3. The smallest absolute Gasteiger partial charge is 0.180 e. The van der Waals surface area contributed by atoms with Gasteiger partial charge >= 0.3 is 0 Å². The van der Waals surface area contributed by atoms with Gasteiger partial charge in [0.1, 0.15) is 0 Å². The van der Waals surface area contributed by atoms with E-state index in [1.807, 2.05) is 0 Å². The molecule has 0 aliphatic carbocycles. The molecule has 0 saturated carbocycles. The first kappa shape index (κ1) is 15.1. The molecular weight excluding hydrogens is 343 g/mol. The largest absolute Gasteiger partial charge is 0.493 e. The second kappa shape index (κ2) is 6.45. The van der Waals surface area contributed by atoms with Gasteiger partial charge in [-0.25, -0.2) is 4.39 Å². The number of hydrogen-bond acceptors (Lipinski definition) is 4. The normalized spacial score (nSPS) is 11.3. The summed E-state index contributed by atoms with van der Waals surface area (Å²) in [4.78, 5) is 0. The lowest BCUT2D eigenvalue weighted by Gasteiger charge is -2.12. The Hall–Kier alpha value is -2.28. The SMILES string of the molecule is COc1ccccc1Oc1ccc(/C(N)=N/O)c(Br)c1F. The van der Waals surface area contributed by atoms with Crippen LogP contribution in [-0.2, 0) is 0 Å². The van der Waals surface area contributed by atoms with Gasteiger partial charge in [0, 0.05) is 5.56 Å². The molecule has 2 aromatic carbocycles. The Morgan fingerprint density at radius 2 is 1.86 bits per heavy atom. The van der Waals surface area contributed by atoms with Gasteiger partial charge in [-0.2, -0.15) is 0 Å². The van der Waals surface area contributed by atoms with E-state index < -0.39 is 5.82 Å². The number of rotatable bonds is 4. The summed E-state index contributed by atoms with van der Waals surface area (Å²) in [5.74, 6) is -0.0219. The Balaban J connectivity index is 2.40. The Morgan fingerprint density at radius 1 is 1.19 bits per heavy atom. The van der Waals surface area contributed by atoms with Gasteiger partial charge in [-0.05, 0) is 40.2 Å². The van der Waals surface area contributed by atoms with Crippen molar-refractivity contribution >= 4 is 21.8 Å². The van der Waals surface area contributed by atoms with E-state index in [-0.39, 0.29) is 21.6 Å². The zero-order valence-electron chi connectivity index (χ0n) is 11.0. The van der Waals surface area contributed by atoms with E-state index in [9.17, 15) is 4.39 Å². The molecule has 0 spiro atoms. The molecular formula is C14H12BrFN2O3. The first-order valence-electron chi connectivity index (χ1n) is 5.85. The third-order valence-corrected chi connectivity index (χ3v) is 3.49. The van der Waals surface area contributed by atoms with Gasteiger partial charge in [0.2, 0.25) is 0 Å². The highest BCUT2D eigenvalue weighted by molar-refractivity contribution is 9.10. The quantitative estimate of drug-likeness (QED) is 0.381. The van der Waals surface area contributed by atoms with Gasteiger partial charge in [0.25, 0.3) is 0 Å². The van der Waals surface area contributed by atoms with E-state index in [0.717, 1.165) is 0 Å². The van der Waals surface area contributed by atoms with Crippen molar-refractivity contribution in [1.82, 2.24) is 0 Å². The molecule has 2 aromatic rings. The summed E-state index contributed by atoms with van der Waals surface area (Å²) in [6, 6.07) is 9.75. The number of ether oxygens (including phenoxy) is 2. The minimum Gasteiger partial charge on any atom is -0.493 e. The second-order valence-corrected chi connectivity index (χ2v) is 4.77. The third-order valence-electron chi connectivity index (χ3n) is 2.72. The molecule has 5 nitrogen and oxygen atoms in total. The van der Waals surface area contributed by atoms with Gasteiger partial charge in [0.15, 0.2) is 28.9 Å². The second-order valence-electron chi connectivity index (χ2n) is 3.98. The molecule has 0 amide bonds. The summed E-state index contributed by atoms with van der Waals surface area (Å²) < 4.78 is 25.0. The van der Waals surface area contributed by atoms with Crippen LogP contribution in [-0.4, -0.2) is 18.2 Å². The average Bonchev–Trinajstić information content (AvgIpc) is 2.51. The molecule has 0 fully saturated rings. The summed E-state index contributed by atoms with van der Waals surface area (Å²) in [5.41, 5.74) is 5.68. The van der Waals surface area contributed by atoms with Crippen LogP contribution in [0.15, 0.2) is 46.0 Å². The van der Waals surface area contributed by atoms with Crippen LogP contribution in [0.4, 0.5) is 4.39 Å². The molecule has 0 atom stereocenters. The van der Waals surface area contributed by atoms with Crippen molar-refractivity contribution in [3.05, 3.63) is 52.3 Å². The van der Waals surface area contributed by atoms with Crippen LogP contribution in [0, 0.1) is 5.82 Å². The number of hydrogen-bond donors (Lipinski definition) is 2. The summed E-state index contributed by atoms with van der Waals surface area (Å²) in [7, 11) is 1.50. The molecule has 0 bridgehead atoms. The molecule has 7 heteroatoms.